The van der Waals surface area contributed by atoms with E-state index < -0.39 is 0 Å². The lowest BCUT2D eigenvalue weighted by atomic mass is 10.2. The van der Waals surface area contributed by atoms with Gasteiger partial charge in [-0.25, -0.2) is 0 Å². The van der Waals surface area contributed by atoms with Crippen molar-refractivity contribution in [3.05, 3.63) is 28.8 Å². The van der Waals surface area contributed by atoms with Crippen molar-refractivity contribution in [2.24, 2.45) is 0 Å². The molecule has 0 aliphatic heterocycles. The van der Waals surface area contributed by atoms with Crippen molar-refractivity contribution in [3.63, 3.8) is 0 Å². The summed E-state index contributed by atoms with van der Waals surface area (Å²) in [6.45, 7) is 3.16. The molecule has 0 N–H and O–H groups in total. The van der Waals surface area contributed by atoms with E-state index in [1.807, 2.05) is 0 Å². The molecule has 3 heteroatoms. The molecule has 0 fully saturated rings. The first-order chi connectivity index (χ1) is 7.40. The third kappa shape index (κ3) is 1.34. The van der Waals surface area contributed by atoms with Crippen LogP contribution in [-0.2, 0) is 19.4 Å². The summed E-state index contributed by atoms with van der Waals surface area (Å²) in [5, 5.41) is 6.85. The van der Waals surface area contributed by atoms with Gasteiger partial charge in [0.25, 0.3) is 0 Å². The lowest BCUT2D eigenvalue weighted by molar-refractivity contribution is 0.624. The molecular weight excluding hydrogens is 204 g/mol. The van der Waals surface area contributed by atoms with Gasteiger partial charge in [0, 0.05) is 17.8 Å². The molecule has 1 aliphatic carbocycles. The summed E-state index contributed by atoms with van der Waals surface area (Å²) in [7, 11) is 0. The predicted molar refractivity (Wildman–Crippen MR) is 63.2 cm³/mol. The van der Waals surface area contributed by atoms with E-state index in [4.69, 9.17) is 5.10 Å². The SMILES string of the molecule is CCn1nc(-c2cccs2)c2c1CCC2. The van der Waals surface area contributed by atoms with Crippen molar-refractivity contribution in [3.8, 4) is 10.6 Å². The van der Waals surface area contributed by atoms with E-state index in [0.717, 1.165) is 6.54 Å². The van der Waals surface area contributed by atoms with Crippen molar-refractivity contribution in [2.45, 2.75) is 32.7 Å². The maximum atomic E-state index is 4.72. The summed E-state index contributed by atoms with van der Waals surface area (Å²) in [6, 6.07) is 4.28. The van der Waals surface area contributed by atoms with Gasteiger partial charge in [-0.15, -0.1) is 11.3 Å². The summed E-state index contributed by atoms with van der Waals surface area (Å²) in [5.74, 6) is 0. The zero-order chi connectivity index (χ0) is 10.3. The van der Waals surface area contributed by atoms with E-state index in [2.05, 4.69) is 29.1 Å². The molecule has 2 aromatic heterocycles. The average molecular weight is 218 g/mol. The number of hydrogen-bond donors (Lipinski definition) is 0. The Hall–Kier alpha value is -1.09. The summed E-state index contributed by atoms with van der Waals surface area (Å²) in [6.07, 6.45) is 3.72. The lowest BCUT2D eigenvalue weighted by Gasteiger charge is -1.98. The molecule has 0 unspecified atom stereocenters. The summed E-state index contributed by atoms with van der Waals surface area (Å²) in [4.78, 5) is 1.32. The Morgan fingerprint density at radius 3 is 3.13 bits per heavy atom. The van der Waals surface area contributed by atoms with Gasteiger partial charge in [-0.1, -0.05) is 6.07 Å². The van der Waals surface area contributed by atoms with Gasteiger partial charge in [0.2, 0.25) is 0 Å². The van der Waals surface area contributed by atoms with Crippen LogP contribution in [0.4, 0.5) is 0 Å². The zero-order valence-electron chi connectivity index (χ0n) is 8.86. The Balaban J connectivity index is 2.17. The fraction of sp³-hybridized carbons (Fsp3) is 0.417. The normalized spacial score (nSPS) is 14.5. The first-order valence-corrected chi connectivity index (χ1v) is 6.40. The minimum absolute atomic E-state index is 0.994. The topological polar surface area (TPSA) is 17.8 Å². The molecular formula is C12H14N2S. The van der Waals surface area contributed by atoms with E-state index >= 15 is 0 Å². The number of rotatable bonds is 2. The van der Waals surface area contributed by atoms with Crippen molar-refractivity contribution in [1.29, 1.82) is 0 Å². The minimum atomic E-state index is 0.994. The second-order valence-electron chi connectivity index (χ2n) is 3.92. The number of aromatic nitrogens is 2. The average Bonchev–Trinajstić information content (AvgIpc) is 2.94. The van der Waals surface area contributed by atoms with Crippen LogP contribution in [0.5, 0.6) is 0 Å². The quantitative estimate of drug-likeness (QED) is 0.757. The molecule has 15 heavy (non-hydrogen) atoms. The molecule has 0 aromatic carbocycles. The fourth-order valence-corrected chi connectivity index (χ4v) is 3.12. The number of fused-ring (bicyclic) bond motifs is 1. The Labute approximate surface area is 93.6 Å². The van der Waals surface area contributed by atoms with Crippen molar-refractivity contribution in [1.82, 2.24) is 9.78 Å². The van der Waals surface area contributed by atoms with Crippen LogP contribution >= 0.6 is 11.3 Å². The largest absolute Gasteiger partial charge is 0.269 e. The van der Waals surface area contributed by atoms with Crippen LogP contribution in [0.15, 0.2) is 17.5 Å². The Morgan fingerprint density at radius 1 is 1.47 bits per heavy atom. The lowest BCUT2D eigenvalue weighted by Crippen LogP contribution is -2.00. The molecule has 1 aliphatic rings. The van der Waals surface area contributed by atoms with Gasteiger partial charge in [-0.3, -0.25) is 4.68 Å². The van der Waals surface area contributed by atoms with Gasteiger partial charge in [-0.2, -0.15) is 5.10 Å². The second-order valence-corrected chi connectivity index (χ2v) is 4.87. The van der Waals surface area contributed by atoms with Crippen LogP contribution < -0.4 is 0 Å². The molecule has 0 spiro atoms. The van der Waals surface area contributed by atoms with E-state index in [0.29, 0.717) is 0 Å². The van der Waals surface area contributed by atoms with Crippen LogP contribution in [0.1, 0.15) is 24.6 Å². The summed E-state index contributed by atoms with van der Waals surface area (Å²) >= 11 is 1.79. The van der Waals surface area contributed by atoms with Gasteiger partial charge in [0.05, 0.1) is 4.88 Å². The van der Waals surface area contributed by atoms with Gasteiger partial charge in [0.1, 0.15) is 5.69 Å². The van der Waals surface area contributed by atoms with Crippen LogP contribution in [0.25, 0.3) is 10.6 Å². The summed E-state index contributed by atoms with van der Waals surface area (Å²) in [5.41, 5.74) is 4.21. The maximum Gasteiger partial charge on any atom is 0.106 e. The highest BCUT2D eigenvalue weighted by Crippen LogP contribution is 2.34. The highest BCUT2D eigenvalue weighted by Gasteiger charge is 2.22. The standard InChI is InChI=1S/C12H14N2S/c1-2-14-10-6-3-5-9(10)12(13-14)11-7-4-8-15-11/h4,7-8H,2-3,5-6H2,1H3. The molecule has 0 atom stereocenters. The third-order valence-electron chi connectivity index (χ3n) is 3.06. The van der Waals surface area contributed by atoms with Gasteiger partial charge in [0.15, 0.2) is 0 Å². The molecule has 0 bridgehead atoms. The molecule has 0 saturated heterocycles. The molecule has 0 radical (unpaired) electrons. The molecule has 2 heterocycles. The zero-order valence-corrected chi connectivity index (χ0v) is 9.68. The number of thiophene rings is 1. The van der Waals surface area contributed by atoms with Gasteiger partial charge >= 0.3 is 0 Å². The first kappa shape index (κ1) is 9.16. The summed E-state index contributed by atoms with van der Waals surface area (Å²) < 4.78 is 2.18. The van der Waals surface area contributed by atoms with E-state index in [1.165, 1.54) is 41.1 Å². The highest BCUT2D eigenvalue weighted by atomic mass is 32.1. The molecule has 0 amide bonds. The van der Waals surface area contributed by atoms with E-state index in [1.54, 1.807) is 11.3 Å². The Kier molecular flexibility index (Phi) is 2.13. The number of nitrogens with zero attached hydrogens (tertiary/aromatic N) is 2. The van der Waals surface area contributed by atoms with Gasteiger partial charge < -0.3 is 0 Å². The van der Waals surface area contributed by atoms with E-state index in [-0.39, 0.29) is 0 Å². The smallest absolute Gasteiger partial charge is 0.106 e. The highest BCUT2D eigenvalue weighted by molar-refractivity contribution is 7.13. The fourth-order valence-electron chi connectivity index (χ4n) is 2.38. The molecule has 2 aromatic rings. The van der Waals surface area contributed by atoms with Crippen LogP contribution in [0, 0.1) is 0 Å². The van der Waals surface area contributed by atoms with Crippen LogP contribution in [0.3, 0.4) is 0 Å². The minimum Gasteiger partial charge on any atom is -0.269 e. The predicted octanol–water partition coefficient (Wildman–Crippen LogP) is 3.12. The second kappa shape index (κ2) is 3.49. The monoisotopic (exact) mass is 218 g/mol. The van der Waals surface area contributed by atoms with Crippen LogP contribution in [0.2, 0.25) is 0 Å². The number of aryl methyl sites for hydroxylation is 1. The number of hydrogen-bond acceptors (Lipinski definition) is 2. The van der Waals surface area contributed by atoms with Crippen molar-refractivity contribution >= 4 is 11.3 Å². The Bertz CT molecular complexity index is 468. The van der Waals surface area contributed by atoms with Crippen molar-refractivity contribution in [2.75, 3.05) is 0 Å². The van der Waals surface area contributed by atoms with Crippen molar-refractivity contribution < 1.29 is 0 Å². The van der Waals surface area contributed by atoms with Crippen LogP contribution in [-0.4, -0.2) is 9.78 Å². The van der Waals surface area contributed by atoms with Gasteiger partial charge in [-0.05, 0) is 37.6 Å². The molecule has 0 saturated carbocycles. The maximum absolute atomic E-state index is 4.72. The third-order valence-corrected chi connectivity index (χ3v) is 3.94. The first-order valence-electron chi connectivity index (χ1n) is 5.52. The Morgan fingerprint density at radius 2 is 2.40 bits per heavy atom. The van der Waals surface area contributed by atoms with E-state index in [9.17, 15) is 0 Å². The molecule has 78 valence electrons. The molecule has 3 rings (SSSR count). The molecule has 2 nitrogen and oxygen atoms in total.